The van der Waals surface area contributed by atoms with Crippen LogP contribution in [0.4, 0.5) is 0 Å². The lowest BCUT2D eigenvalue weighted by atomic mass is 10.0. The van der Waals surface area contributed by atoms with E-state index in [1.807, 2.05) is 12.1 Å². The molecule has 1 saturated heterocycles. The Morgan fingerprint density at radius 1 is 1.29 bits per heavy atom. The Kier molecular flexibility index (Phi) is 5.04. The molecule has 1 aromatic carbocycles. The van der Waals surface area contributed by atoms with Gasteiger partial charge in [-0.15, -0.1) is 0 Å². The second kappa shape index (κ2) is 7.21. The molecular formula is C18H25N3O3. The van der Waals surface area contributed by atoms with Gasteiger partial charge in [-0.3, -0.25) is 4.90 Å². The molecule has 0 aliphatic carbocycles. The molecule has 1 aliphatic rings. The van der Waals surface area contributed by atoms with Crippen LogP contribution in [0.2, 0.25) is 0 Å². The van der Waals surface area contributed by atoms with Crippen LogP contribution in [-0.2, 0) is 6.54 Å². The highest BCUT2D eigenvalue weighted by Gasteiger charge is 2.30. The topological polar surface area (TPSA) is 60.6 Å². The summed E-state index contributed by atoms with van der Waals surface area (Å²) in [6.07, 6.45) is 2.24. The zero-order valence-electron chi connectivity index (χ0n) is 14.8. The predicted octanol–water partition coefficient (Wildman–Crippen LogP) is 3.55. The van der Waals surface area contributed by atoms with E-state index in [-0.39, 0.29) is 5.92 Å². The van der Waals surface area contributed by atoms with E-state index in [0.717, 1.165) is 36.7 Å². The van der Waals surface area contributed by atoms with Gasteiger partial charge in [0.1, 0.15) is 11.5 Å². The number of rotatable bonds is 6. The molecular weight excluding hydrogens is 306 g/mol. The van der Waals surface area contributed by atoms with Crippen molar-refractivity contribution in [3.63, 3.8) is 0 Å². The van der Waals surface area contributed by atoms with Gasteiger partial charge in [0, 0.05) is 23.6 Å². The summed E-state index contributed by atoms with van der Waals surface area (Å²) in [4.78, 5) is 6.88. The van der Waals surface area contributed by atoms with Crippen LogP contribution in [-0.4, -0.2) is 35.8 Å². The van der Waals surface area contributed by atoms with Gasteiger partial charge in [-0.2, -0.15) is 4.98 Å². The van der Waals surface area contributed by atoms with Crippen molar-refractivity contribution in [3.05, 3.63) is 35.5 Å². The summed E-state index contributed by atoms with van der Waals surface area (Å²) < 4.78 is 16.3. The maximum atomic E-state index is 5.58. The van der Waals surface area contributed by atoms with Gasteiger partial charge in [0.25, 0.3) is 0 Å². The maximum Gasteiger partial charge on any atom is 0.240 e. The summed E-state index contributed by atoms with van der Waals surface area (Å²) in [6, 6.07) is 6.31. The van der Waals surface area contributed by atoms with Gasteiger partial charge in [-0.05, 0) is 25.5 Å². The number of hydrogen-bond donors (Lipinski definition) is 0. The molecule has 0 N–H and O–H groups in total. The van der Waals surface area contributed by atoms with Crippen molar-refractivity contribution in [1.82, 2.24) is 15.0 Å². The number of likely N-dealkylation sites (tertiary alicyclic amines) is 1. The van der Waals surface area contributed by atoms with E-state index >= 15 is 0 Å². The Labute approximate surface area is 142 Å². The fraction of sp³-hybridized carbons (Fsp3) is 0.556. The minimum Gasteiger partial charge on any atom is -0.497 e. The molecule has 2 heterocycles. The summed E-state index contributed by atoms with van der Waals surface area (Å²) in [5, 5.41) is 4.06. The molecule has 0 bridgehead atoms. The molecule has 1 aliphatic heterocycles. The monoisotopic (exact) mass is 331 g/mol. The van der Waals surface area contributed by atoms with Crippen molar-refractivity contribution < 1.29 is 14.0 Å². The SMILES string of the molecule is COc1ccc([C@@H]2CCCN2Cc2nc(C(C)C)no2)c(OC)c1. The molecule has 0 spiro atoms. The summed E-state index contributed by atoms with van der Waals surface area (Å²) in [6.45, 7) is 5.81. The fourth-order valence-electron chi connectivity index (χ4n) is 3.20. The Hall–Kier alpha value is -2.08. The molecule has 24 heavy (non-hydrogen) atoms. The van der Waals surface area contributed by atoms with Gasteiger partial charge in [-0.25, -0.2) is 0 Å². The van der Waals surface area contributed by atoms with E-state index in [1.165, 1.54) is 5.56 Å². The highest BCUT2D eigenvalue weighted by Crippen LogP contribution is 2.39. The minimum atomic E-state index is 0.276. The largest absolute Gasteiger partial charge is 0.497 e. The maximum absolute atomic E-state index is 5.58. The number of aromatic nitrogens is 2. The highest BCUT2D eigenvalue weighted by atomic mass is 16.5. The van der Waals surface area contributed by atoms with Gasteiger partial charge in [0.15, 0.2) is 5.82 Å². The highest BCUT2D eigenvalue weighted by molar-refractivity contribution is 5.42. The van der Waals surface area contributed by atoms with E-state index in [4.69, 9.17) is 14.0 Å². The summed E-state index contributed by atoms with van der Waals surface area (Å²) in [5.74, 6) is 3.39. The van der Waals surface area contributed by atoms with Gasteiger partial charge >= 0.3 is 0 Å². The summed E-state index contributed by atoms with van der Waals surface area (Å²) >= 11 is 0. The molecule has 0 radical (unpaired) electrons. The van der Waals surface area contributed by atoms with Crippen LogP contribution in [0.15, 0.2) is 22.7 Å². The first-order valence-electron chi connectivity index (χ1n) is 8.40. The lowest BCUT2D eigenvalue weighted by molar-refractivity contribution is 0.209. The molecule has 0 saturated carbocycles. The van der Waals surface area contributed by atoms with Crippen molar-refractivity contribution in [2.24, 2.45) is 0 Å². The predicted molar refractivity (Wildman–Crippen MR) is 90.3 cm³/mol. The number of methoxy groups -OCH3 is 2. The lowest BCUT2D eigenvalue weighted by Gasteiger charge is -2.25. The fourth-order valence-corrected chi connectivity index (χ4v) is 3.20. The van der Waals surface area contributed by atoms with Crippen LogP contribution in [0.5, 0.6) is 11.5 Å². The van der Waals surface area contributed by atoms with Crippen LogP contribution in [0, 0.1) is 0 Å². The van der Waals surface area contributed by atoms with Crippen molar-refractivity contribution in [2.75, 3.05) is 20.8 Å². The second-order valence-electron chi connectivity index (χ2n) is 6.44. The molecule has 3 rings (SSSR count). The second-order valence-corrected chi connectivity index (χ2v) is 6.44. The molecule has 0 amide bonds. The Morgan fingerprint density at radius 2 is 2.12 bits per heavy atom. The number of hydrogen-bond acceptors (Lipinski definition) is 6. The normalized spacial score (nSPS) is 18.3. The Balaban J connectivity index is 1.80. The molecule has 2 aromatic rings. The molecule has 0 unspecified atom stereocenters. The van der Waals surface area contributed by atoms with E-state index < -0.39 is 0 Å². The first-order chi connectivity index (χ1) is 11.6. The summed E-state index contributed by atoms with van der Waals surface area (Å²) in [7, 11) is 3.36. The number of benzene rings is 1. The van der Waals surface area contributed by atoms with Crippen molar-refractivity contribution in [1.29, 1.82) is 0 Å². The van der Waals surface area contributed by atoms with Crippen LogP contribution in [0.1, 0.15) is 55.9 Å². The molecule has 1 atom stereocenters. The van der Waals surface area contributed by atoms with Gasteiger partial charge in [-0.1, -0.05) is 25.1 Å². The molecule has 1 aromatic heterocycles. The minimum absolute atomic E-state index is 0.276. The molecule has 1 fully saturated rings. The van der Waals surface area contributed by atoms with E-state index in [9.17, 15) is 0 Å². The van der Waals surface area contributed by atoms with Gasteiger partial charge < -0.3 is 14.0 Å². The van der Waals surface area contributed by atoms with Crippen molar-refractivity contribution >= 4 is 0 Å². The Morgan fingerprint density at radius 3 is 2.79 bits per heavy atom. The zero-order chi connectivity index (χ0) is 17.1. The standard InChI is InChI=1S/C18H25N3O3/c1-12(2)18-19-17(24-20-18)11-21-9-5-6-15(21)14-8-7-13(22-3)10-16(14)23-4/h7-8,10,12,15H,5-6,9,11H2,1-4H3/t15-/m0/s1. The number of nitrogens with zero attached hydrogens (tertiary/aromatic N) is 3. The average molecular weight is 331 g/mol. The first kappa shape index (κ1) is 16.8. The van der Waals surface area contributed by atoms with Crippen LogP contribution in [0.3, 0.4) is 0 Å². The summed E-state index contributed by atoms with van der Waals surface area (Å²) in [5.41, 5.74) is 1.18. The van der Waals surface area contributed by atoms with Crippen molar-refractivity contribution in [3.8, 4) is 11.5 Å². The Bertz CT molecular complexity index is 684. The van der Waals surface area contributed by atoms with E-state index in [2.05, 4.69) is 35.0 Å². The molecule has 6 heteroatoms. The quantitative estimate of drug-likeness (QED) is 0.807. The zero-order valence-corrected chi connectivity index (χ0v) is 14.8. The lowest BCUT2D eigenvalue weighted by Crippen LogP contribution is -2.23. The molecule has 6 nitrogen and oxygen atoms in total. The van der Waals surface area contributed by atoms with Crippen molar-refractivity contribution in [2.45, 2.75) is 45.2 Å². The third-order valence-corrected chi connectivity index (χ3v) is 4.50. The van der Waals surface area contributed by atoms with Gasteiger partial charge in [0.05, 0.1) is 20.8 Å². The smallest absolute Gasteiger partial charge is 0.240 e. The van der Waals surface area contributed by atoms with E-state index in [1.54, 1.807) is 14.2 Å². The molecule has 130 valence electrons. The van der Waals surface area contributed by atoms with Gasteiger partial charge in [0.2, 0.25) is 5.89 Å². The first-order valence-corrected chi connectivity index (χ1v) is 8.40. The van der Waals surface area contributed by atoms with Crippen LogP contribution < -0.4 is 9.47 Å². The van der Waals surface area contributed by atoms with Crippen LogP contribution in [0.25, 0.3) is 0 Å². The third kappa shape index (κ3) is 3.38. The van der Waals surface area contributed by atoms with Crippen LogP contribution >= 0.6 is 0 Å². The third-order valence-electron chi connectivity index (χ3n) is 4.50. The average Bonchev–Trinajstić information content (AvgIpc) is 3.24. The van der Waals surface area contributed by atoms with E-state index in [0.29, 0.717) is 18.5 Å². The number of ether oxygens (including phenoxy) is 2.